The lowest BCUT2D eigenvalue weighted by Crippen LogP contribution is -2.32. The van der Waals surface area contributed by atoms with E-state index in [4.69, 9.17) is 16.5 Å². The minimum atomic E-state index is -0.149. The number of rotatable bonds is 4. The Morgan fingerprint density at radius 1 is 1.35 bits per heavy atom. The third-order valence-electron chi connectivity index (χ3n) is 3.18. The average Bonchev–Trinajstić information content (AvgIpc) is 2.85. The molecule has 17 heavy (non-hydrogen) atoms. The summed E-state index contributed by atoms with van der Waals surface area (Å²) in [5.41, 5.74) is 1.01. The van der Waals surface area contributed by atoms with Crippen molar-refractivity contribution in [3.8, 4) is 0 Å². The van der Waals surface area contributed by atoms with Crippen LogP contribution in [0.25, 0.3) is 0 Å². The monoisotopic (exact) mass is 253 g/mol. The third-order valence-corrected chi connectivity index (χ3v) is 3.46. The Balaban J connectivity index is 1.85. The van der Waals surface area contributed by atoms with E-state index in [2.05, 4.69) is 4.84 Å². The highest BCUT2D eigenvalue weighted by molar-refractivity contribution is 6.13. The van der Waals surface area contributed by atoms with Gasteiger partial charge in [0.1, 0.15) is 6.61 Å². The Bertz CT molecular complexity index is 369. The molecule has 92 valence electrons. The topological polar surface area (TPSA) is 38.3 Å². The van der Waals surface area contributed by atoms with Gasteiger partial charge in [0.2, 0.25) is 0 Å². The van der Waals surface area contributed by atoms with Crippen molar-refractivity contribution in [1.29, 1.82) is 0 Å². The number of benzene rings is 1. The Labute approximate surface area is 106 Å². The Morgan fingerprint density at radius 3 is 2.82 bits per heavy atom. The second kappa shape index (κ2) is 6.03. The molecule has 0 amide bonds. The molecule has 0 aromatic heterocycles. The fourth-order valence-electron chi connectivity index (χ4n) is 2.21. The van der Waals surface area contributed by atoms with Gasteiger partial charge < -0.3 is 4.74 Å². The molecule has 3 nitrogen and oxygen atoms in total. The van der Waals surface area contributed by atoms with Crippen molar-refractivity contribution in [1.82, 2.24) is 4.84 Å². The molecule has 0 unspecified atom stereocenters. The summed E-state index contributed by atoms with van der Waals surface area (Å²) in [6, 6.07) is 9.75. The molecule has 1 aromatic carbocycles. The quantitative estimate of drug-likeness (QED) is 0.662. The van der Waals surface area contributed by atoms with Crippen molar-refractivity contribution < 1.29 is 9.53 Å². The van der Waals surface area contributed by atoms with Gasteiger partial charge >= 0.3 is 5.97 Å². The molecule has 0 radical (unpaired) electrons. The van der Waals surface area contributed by atoms with Crippen molar-refractivity contribution in [3.63, 3.8) is 0 Å². The van der Waals surface area contributed by atoms with Crippen LogP contribution in [0, 0.1) is 5.92 Å². The molecule has 2 rings (SSSR count). The first kappa shape index (κ1) is 12.4. The van der Waals surface area contributed by atoms with Crippen LogP contribution in [0.3, 0.4) is 0 Å². The summed E-state index contributed by atoms with van der Waals surface area (Å²) in [4.78, 5) is 14.5. The molecule has 0 aliphatic heterocycles. The third kappa shape index (κ3) is 3.20. The molecule has 0 heterocycles. The van der Waals surface area contributed by atoms with Crippen LogP contribution in [0.1, 0.15) is 24.8 Å². The van der Waals surface area contributed by atoms with Gasteiger partial charge in [-0.2, -0.15) is 0 Å². The maximum absolute atomic E-state index is 11.9. The molecule has 1 saturated carbocycles. The van der Waals surface area contributed by atoms with Crippen LogP contribution in [0.15, 0.2) is 30.3 Å². The van der Waals surface area contributed by atoms with Gasteiger partial charge in [0.05, 0.1) is 5.92 Å². The van der Waals surface area contributed by atoms with E-state index in [1.165, 1.54) is 0 Å². The normalized spacial score (nSPS) is 23.6. The van der Waals surface area contributed by atoms with Gasteiger partial charge in [0.15, 0.2) is 0 Å². The molecule has 0 saturated heterocycles. The van der Waals surface area contributed by atoms with Gasteiger partial charge in [-0.1, -0.05) is 36.8 Å². The zero-order valence-electron chi connectivity index (χ0n) is 9.56. The number of halogens is 1. The summed E-state index contributed by atoms with van der Waals surface area (Å²) in [5, 5.41) is 0. The molecule has 1 fully saturated rings. The summed E-state index contributed by atoms with van der Waals surface area (Å²) in [5.74, 6) is -0.249. The predicted molar refractivity (Wildman–Crippen MR) is 66.4 cm³/mol. The van der Waals surface area contributed by atoms with E-state index in [-0.39, 0.29) is 17.9 Å². The summed E-state index contributed by atoms with van der Waals surface area (Å²) in [6.07, 6.45) is 2.82. The Kier molecular flexibility index (Phi) is 4.40. The van der Waals surface area contributed by atoms with Crippen LogP contribution in [-0.2, 0) is 16.1 Å². The van der Waals surface area contributed by atoms with Gasteiger partial charge in [0, 0.05) is 6.04 Å². The van der Waals surface area contributed by atoms with Crippen molar-refractivity contribution in [2.24, 2.45) is 5.92 Å². The summed E-state index contributed by atoms with van der Waals surface area (Å²) in [7, 11) is 0. The number of hydrogen-bond acceptors (Lipinski definition) is 3. The lowest BCUT2D eigenvalue weighted by atomic mass is 10.1. The highest BCUT2D eigenvalue weighted by Gasteiger charge is 2.33. The van der Waals surface area contributed by atoms with Crippen molar-refractivity contribution in [2.45, 2.75) is 31.9 Å². The summed E-state index contributed by atoms with van der Waals surface area (Å²) < 4.78 is 5.31. The van der Waals surface area contributed by atoms with E-state index in [0.29, 0.717) is 6.61 Å². The number of carbonyl (C=O) groups is 1. The number of esters is 1. The van der Waals surface area contributed by atoms with Crippen LogP contribution >= 0.6 is 11.8 Å². The highest BCUT2D eigenvalue weighted by atomic mass is 35.5. The Hall–Kier alpha value is -1.06. The lowest BCUT2D eigenvalue weighted by molar-refractivity contribution is -0.150. The molecule has 1 aliphatic rings. The zero-order chi connectivity index (χ0) is 12.1. The van der Waals surface area contributed by atoms with E-state index >= 15 is 0 Å². The number of hydrogen-bond donors (Lipinski definition) is 1. The zero-order valence-corrected chi connectivity index (χ0v) is 10.3. The molecule has 1 aliphatic carbocycles. The SMILES string of the molecule is O=C(OCc1ccccc1)[C@H]1CCC[C@H]1NCl. The minimum Gasteiger partial charge on any atom is -0.461 e. The van der Waals surface area contributed by atoms with Gasteiger partial charge in [0.25, 0.3) is 0 Å². The molecular weight excluding hydrogens is 238 g/mol. The van der Waals surface area contributed by atoms with Crippen LogP contribution in [0.4, 0.5) is 0 Å². The van der Waals surface area contributed by atoms with E-state index in [1.807, 2.05) is 30.3 Å². The second-order valence-corrected chi connectivity index (χ2v) is 4.56. The van der Waals surface area contributed by atoms with Crippen LogP contribution in [0.5, 0.6) is 0 Å². The Morgan fingerprint density at radius 2 is 2.12 bits per heavy atom. The van der Waals surface area contributed by atoms with E-state index in [1.54, 1.807) is 0 Å². The largest absolute Gasteiger partial charge is 0.461 e. The van der Waals surface area contributed by atoms with Crippen molar-refractivity contribution in [2.75, 3.05) is 0 Å². The van der Waals surface area contributed by atoms with E-state index in [9.17, 15) is 4.79 Å². The molecular formula is C13H16ClNO2. The summed E-state index contributed by atoms with van der Waals surface area (Å²) in [6.45, 7) is 0.338. The van der Waals surface area contributed by atoms with E-state index < -0.39 is 0 Å². The first-order valence-electron chi connectivity index (χ1n) is 5.88. The fraction of sp³-hybridized carbons (Fsp3) is 0.462. The molecule has 0 bridgehead atoms. The number of carbonyl (C=O) groups excluding carboxylic acids is 1. The van der Waals surface area contributed by atoms with Gasteiger partial charge in [-0.15, -0.1) is 0 Å². The average molecular weight is 254 g/mol. The number of nitrogens with one attached hydrogen (secondary N) is 1. The molecule has 2 atom stereocenters. The van der Waals surface area contributed by atoms with Gasteiger partial charge in [-0.25, -0.2) is 4.84 Å². The lowest BCUT2D eigenvalue weighted by Gasteiger charge is -2.16. The minimum absolute atomic E-state index is 0.0555. The molecule has 0 spiro atoms. The van der Waals surface area contributed by atoms with Gasteiger partial charge in [-0.05, 0) is 30.2 Å². The van der Waals surface area contributed by atoms with Crippen molar-refractivity contribution in [3.05, 3.63) is 35.9 Å². The fourth-order valence-corrected chi connectivity index (χ4v) is 2.47. The van der Waals surface area contributed by atoms with Crippen LogP contribution in [-0.4, -0.2) is 12.0 Å². The predicted octanol–water partition coefficient (Wildman–Crippen LogP) is 2.64. The maximum atomic E-state index is 11.9. The van der Waals surface area contributed by atoms with Crippen LogP contribution < -0.4 is 4.84 Å². The first-order chi connectivity index (χ1) is 8.31. The maximum Gasteiger partial charge on any atom is 0.310 e. The molecule has 1 aromatic rings. The molecule has 4 heteroatoms. The molecule has 1 N–H and O–H groups in total. The standard InChI is InChI=1S/C13H16ClNO2/c14-15-12-8-4-7-11(12)13(16)17-9-10-5-2-1-3-6-10/h1-3,5-6,11-12,15H,4,7-9H2/t11-,12+/m0/s1. The smallest absolute Gasteiger partial charge is 0.310 e. The second-order valence-electron chi connectivity index (χ2n) is 4.35. The summed E-state index contributed by atoms with van der Waals surface area (Å²) >= 11 is 5.61. The van der Waals surface area contributed by atoms with E-state index in [0.717, 1.165) is 24.8 Å². The van der Waals surface area contributed by atoms with Gasteiger partial charge in [-0.3, -0.25) is 4.79 Å². The number of ether oxygens (including phenoxy) is 1. The van der Waals surface area contributed by atoms with Crippen LogP contribution in [0.2, 0.25) is 0 Å². The van der Waals surface area contributed by atoms with Crippen molar-refractivity contribution >= 4 is 17.7 Å². The first-order valence-corrected chi connectivity index (χ1v) is 6.26. The highest BCUT2D eigenvalue weighted by Crippen LogP contribution is 2.27.